The lowest BCUT2D eigenvalue weighted by Gasteiger charge is -2.33. The van der Waals surface area contributed by atoms with E-state index in [1.807, 2.05) is 4.90 Å². The Morgan fingerprint density at radius 1 is 1.30 bits per heavy atom. The molecule has 0 N–H and O–H groups in total. The second-order valence-corrected chi connectivity index (χ2v) is 8.18. The number of likely N-dealkylation sites (tertiary alicyclic amines) is 1. The molecular weight excluding hydrogens is 355 g/mol. The second kappa shape index (κ2) is 8.21. The summed E-state index contributed by atoms with van der Waals surface area (Å²) in [6.07, 6.45) is 4.09. The van der Waals surface area contributed by atoms with Crippen molar-refractivity contribution in [2.75, 3.05) is 26.2 Å². The van der Waals surface area contributed by atoms with Gasteiger partial charge in [0.05, 0.1) is 18.7 Å². The molecule has 1 aromatic rings. The van der Waals surface area contributed by atoms with Gasteiger partial charge in [-0.1, -0.05) is 0 Å². The second-order valence-electron chi connectivity index (χ2n) is 8.18. The van der Waals surface area contributed by atoms with Crippen LogP contribution >= 0.6 is 0 Å². The van der Waals surface area contributed by atoms with Crippen LogP contribution in [0.5, 0.6) is 5.75 Å². The lowest BCUT2D eigenvalue weighted by molar-refractivity contribution is -0.0232. The Morgan fingerprint density at radius 3 is 2.59 bits per heavy atom. The van der Waals surface area contributed by atoms with Crippen molar-refractivity contribution >= 4 is 5.78 Å². The highest BCUT2D eigenvalue weighted by atomic mass is 19.3. The standard InChI is InChI=1S/C21H28F3NO2/c1-14(26)18-4-3-17(12-20(18)22)27-10-7-16-11-19(16)15-5-8-25(9-6-15)13-21(2,23)24/h3-4,12,15-16,19H,5-11,13H2,1-2H3/t16-,19-/m1/s1. The smallest absolute Gasteiger partial charge is 0.257 e. The summed E-state index contributed by atoms with van der Waals surface area (Å²) in [4.78, 5) is 13.1. The number of ketones is 1. The number of Topliss-reactive ketones (excluding diaryl/α,β-unsaturated/α-hetero) is 1. The van der Waals surface area contributed by atoms with Crippen LogP contribution in [0.4, 0.5) is 13.2 Å². The van der Waals surface area contributed by atoms with E-state index < -0.39 is 11.7 Å². The minimum absolute atomic E-state index is 0.0804. The minimum atomic E-state index is -2.62. The summed E-state index contributed by atoms with van der Waals surface area (Å²) in [6.45, 7) is 4.23. The highest BCUT2D eigenvalue weighted by molar-refractivity contribution is 5.94. The summed E-state index contributed by atoms with van der Waals surface area (Å²) >= 11 is 0. The van der Waals surface area contributed by atoms with E-state index in [1.165, 1.54) is 25.5 Å². The molecule has 3 nitrogen and oxygen atoms in total. The Labute approximate surface area is 158 Å². The number of halogens is 3. The predicted molar refractivity (Wildman–Crippen MR) is 97.9 cm³/mol. The van der Waals surface area contributed by atoms with E-state index >= 15 is 0 Å². The molecule has 1 heterocycles. The molecule has 150 valence electrons. The van der Waals surface area contributed by atoms with Crippen molar-refractivity contribution in [2.45, 2.75) is 45.5 Å². The molecule has 0 unspecified atom stereocenters. The first kappa shape index (κ1) is 20.2. The molecule has 1 saturated heterocycles. The van der Waals surface area contributed by atoms with E-state index in [9.17, 15) is 18.0 Å². The normalized spacial score (nSPS) is 24.0. The van der Waals surface area contributed by atoms with Crippen LogP contribution in [0.3, 0.4) is 0 Å². The van der Waals surface area contributed by atoms with Gasteiger partial charge in [-0.3, -0.25) is 9.69 Å². The van der Waals surface area contributed by atoms with Crippen molar-refractivity contribution in [1.82, 2.24) is 4.90 Å². The molecule has 0 aromatic heterocycles. The SMILES string of the molecule is CC(=O)c1ccc(OCC[C@@H]2C[C@@H]2C2CCN(CC(C)(F)F)CC2)cc1F. The fourth-order valence-electron chi connectivity index (χ4n) is 4.31. The lowest BCUT2D eigenvalue weighted by atomic mass is 9.90. The lowest BCUT2D eigenvalue weighted by Crippen LogP contribution is -2.41. The summed E-state index contributed by atoms with van der Waals surface area (Å²) < 4.78 is 45.6. The van der Waals surface area contributed by atoms with Crippen LogP contribution in [0.15, 0.2) is 18.2 Å². The molecule has 1 aromatic carbocycles. The molecule has 1 aliphatic heterocycles. The number of rotatable bonds is 8. The van der Waals surface area contributed by atoms with Crippen molar-refractivity contribution < 1.29 is 22.7 Å². The highest BCUT2D eigenvalue weighted by Crippen LogP contribution is 2.49. The first-order valence-corrected chi connectivity index (χ1v) is 9.76. The maximum atomic E-state index is 13.8. The van der Waals surface area contributed by atoms with Crippen LogP contribution in [0, 0.1) is 23.6 Å². The molecule has 1 aliphatic carbocycles. The highest BCUT2D eigenvalue weighted by Gasteiger charge is 2.43. The van der Waals surface area contributed by atoms with Gasteiger partial charge in [-0.25, -0.2) is 13.2 Å². The van der Waals surface area contributed by atoms with E-state index in [-0.39, 0.29) is 17.9 Å². The van der Waals surface area contributed by atoms with Crippen LogP contribution in [-0.2, 0) is 0 Å². The van der Waals surface area contributed by atoms with E-state index in [1.54, 1.807) is 6.07 Å². The van der Waals surface area contributed by atoms with E-state index in [2.05, 4.69) is 0 Å². The molecule has 2 aliphatic rings. The van der Waals surface area contributed by atoms with Gasteiger partial charge in [0.2, 0.25) is 0 Å². The quantitative estimate of drug-likeness (QED) is 0.604. The van der Waals surface area contributed by atoms with Gasteiger partial charge < -0.3 is 4.74 Å². The predicted octanol–water partition coefficient (Wildman–Crippen LogP) is 4.80. The summed E-state index contributed by atoms with van der Waals surface area (Å²) in [7, 11) is 0. The van der Waals surface area contributed by atoms with Crippen LogP contribution < -0.4 is 4.74 Å². The Balaban J connectivity index is 1.36. The first-order chi connectivity index (χ1) is 12.7. The topological polar surface area (TPSA) is 29.5 Å². The monoisotopic (exact) mass is 383 g/mol. The van der Waals surface area contributed by atoms with Crippen LogP contribution in [0.2, 0.25) is 0 Å². The van der Waals surface area contributed by atoms with Gasteiger partial charge in [0.15, 0.2) is 5.78 Å². The van der Waals surface area contributed by atoms with Crippen molar-refractivity contribution in [2.24, 2.45) is 17.8 Å². The van der Waals surface area contributed by atoms with E-state index in [0.29, 0.717) is 30.1 Å². The molecule has 0 spiro atoms. The number of benzene rings is 1. The van der Waals surface area contributed by atoms with Gasteiger partial charge in [0.25, 0.3) is 5.92 Å². The molecule has 1 saturated carbocycles. The van der Waals surface area contributed by atoms with Gasteiger partial charge in [-0.05, 0) is 75.6 Å². The fourth-order valence-corrected chi connectivity index (χ4v) is 4.31. The Hall–Kier alpha value is -1.56. The van der Waals surface area contributed by atoms with Crippen LogP contribution in [-0.4, -0.2) is 42.8 Å². The Kier molecular flexibility index (Phi) is 6.14. The summed E-state index contributed by atoms with van der Waals surface area (Å²) in [6, 6.07) is 4.35. The van der Waals surface area contributed by atoms with E-state index in [4.69, 9.17) is 4.74 Å². The number of alkyl halides is 2. The van der Waals surface area contributed by atoms with Crippen molar-refractivity contribution in [3.63, 3.8) is 0 Å². The third kappa shape index (κ3) is 5.71. The number of carbonyl (C=O) groups is 1. The van der Waals surface area contributed by atoms with Crippen molar-refractivity contribution in [3.05, 3.63) is 29.6 Å². The summed E-state index contributed by atoms with van der Waals surface area (Å²) in [5, 5.41) is 0. The molecule has 2 fully saturated rings. The van der Waals surface area contributed by atoms with Crippen LogP contribution in [0.1, 0.15) is 49.9 Å². The van der Waals surface area contributed by atoms with Gasteiger partial charge in [-0.2, -0.15) is 0 Å². The van der Waals surface area contributed by atoms with Crippen LogP contribution in [0.25, 0.3) is 0 Å². The zero-order chi connectivity index (χ0) is 19.6. The summed E-state index contributed by atoms with van der Waals surface area (Å²) in [5.41, 5.74) is 0.0804. The molecule has 0 radical (unpaired) electrons. The fraction of sp³-hybridized carbons (Fsp3) is 0.667. The van der Waals surface area contributed by atoms with Gasteiger partial charge in [-0.15, -0.1) is 0 Å². The average Bonchev–Trinajstić information content (AvgIpc) is 3.33. The largest absolute Gasteiger partial charge is 0.493 e. The number of piperidine rings is 1. The molecular formula is C21H28F3NO2. The zero-order valence-electron chi connectivity index (χ0n) is 16.0. The van der Waals surface area contributed by atoms with Crippen molar-refractivity contribution in [3.8, 4) is 5.75 Å². The molecule has 2 atom stereocenters. The summed E-state index contributed by atoms with van der Waals surface area (Å²) in [5.74, 6) is -1.09. The van der Waals surface area contributed by atoms with Gasteiger partial charge >= 0.3 is 0 Å². The maximum Gasteiger partial charge on any atom is 0.257 e. The molecule has 3 rings (SSSR count). The molecule has 27 heavy (non-hydrogen) atoms. The number of ether oxygens (including phenoxy) is 1. The maximum absolute atomic E-state index is 13.8. The molecule has 0 bridgehead atoms. The number of carbonyl (C=O) groups excluding carboxylic acids is 1. The number of hydrogen-bond acceptors (Lipinski definition) is 3. The minimum Gasteiger partial charge on any atom is -0.493 e. The van der Waals surface area contributed by atoms with Crippen molar-refractivity contribution in [1.29, 1.82) is 0 Å². The zero-order valence-corrected chi connectivity index (χ0v) is 16.0. The average molecular weight is 383 g/mol. The van der Waals surface area contributed by atoms with E-state index in [0.717, 1.165) is 39.3 Å². The van der Waals surface area contributed by atoms with Gasteiger partial charge in [0, 0.05) is 13.0 Å². The molecule has 0 amide bonds. The molecule has 6 heteroatoms. The number of hydrogen-bond donors (Lipinski definition) is 0. The third-order valence-corrected chi connectivity index (χ3v) is 5.79. The Bertz CT molecular complexity index is 666. The van der Waals surface area contributed by atoms with Gasteiger partial charge in [0.1, 0.15) is 11.6 Å². The Morgan fingerprint density at radius 2 is 2.00 bits per heavy atom. The number of nitrogens with zero attached hydrogens (tertiary/aromatic N) is 1. The first-order valence-electron chi connectivity index (χ1n) is 9.76. The third-order valence-electron chi connectivity index (χ3n) is 5.79.